The van der Waals surface area contributed by atoms with E-state index in [-0.39, 0.29) is 30.7 Å². The van der Waals surface area contributed by atoms with Crippen LogP contribution in [0.15, 0.2) is 53.6 Å². The minimum absolute atomic E-state index is 0.133. The van der Waals surface area contributed by atoms with Gasteiger partial charge in [0.1, 0.15) is 11.5 Å². The molecule has 2 aromatic carbocycles. The van der Waals surface area contributed by atoms with Crippen molar-refractivity contribution in [3.63, 3.8) is 0 Å². The van der Waals surface area contributed by atoms with E-state index in [4.69, 9.17) is 0 Å². The molecule has 0 saturated carbocycles. The number of anilines is 2. The lowest BCUT2D eigenvalue weighted by molar-refractivity contribution is -0.126. The van der Waals surface area contributed by atoms with Crippen LogP contribution >= 0.6 is 0 Å². The zero-order chi connectivity index (χ0) is 23.4. The first-order valence-corrected chi connectivity index (χ1v) is 10.9. The number of hydrogen-bond acceptors (Lipinski definition) is 5. The van der Waals surface area contributed by atoms with E-state index in [0.717, 1.165) is 5.56 Å². The van der Waals surface area contributed by atoms with Crippen LogP contribution in [0.2, 0.25) is 0 Å². The van der Waals surface area contributed by atoms with Crippen LogP contribution in [0.25, 0.3) is 0 Å². The Kier molecular flexibility index (Phi) is 6.79. The van der Waals surface area contributed by atoms with Crippen LogP contribution in [0.1, 0.15) is 18.4 Å². The molecule has 0 atom stereocenters. The third-order valence-electron chi connectivity index (χ3n) is 5.66. The van der Waals surface area contributed by atoms with Gasteiger partial charge in [0.2, 0.25) is 11.8 Å². The molecule has 4 rings (SSSR count). The van der Waals surface area contributed by atoms with Gasteiger partial charge in [-0.05, 0) is 42.8 Å². The number of hydrogen-bond donors (Lipinski definition) is 1. The summed E-state index contributed by atoms with van der Waals surface area (Å²) in [6.07, 6.45) is 0.551. The topological polar surface area (TPSA) is 85.3 Å². The molecule has 1 N–H and O–H groups in total. The first kappa shape index (κ1) is 22.6. The zero-order valence-electron chi connectivity index (χ0n) is 18.5. The third kappa shape index (κ3) is 5.61. The Bertz CT molecular complexity index is 1100. The van der Waals surface area contributed by atoms with Crippen molar-refractivity contribution in [1.82, 2.24) is 9.80 Å². The summed E-state index contributed by atoms with van der Waals surface area (Å²) in [5.74, 6) is -0.951. The van der Waals surface area contributed by atoms with E-state index in [1.165, 1.54) is 23.2 Å². The predicted octanol–water partition coefficient (Wildman–Crippen LogP) is 2.40. The number of nitrogens with zero attached hydrogens (tertiary/aromatic N) is 4. The lowest BCUT2D eigenvalue weighted by Crippen LogP contribution is -2.52. The molecule has 1 fully saturated rings. The summed E-state index contributed by atoms with van der Waals surface area (Å²) in [5, 5.41) is 8.37. The maximum Gasteiger partial charge on any atom is 0.270 e. The molecule has 33 heavy (non-hydrogen) atoms. The second-order valence-corrected chi connectivity index (χ2v) is 8.22. The van der Waals surface area contributed by atoms with Crippen LogP contribution in [0.5, 0.6) is 0 Å². The number of amides is 3. The average Bonchev–Trinajstić information content (AvgIpc) is 2.79. The molecule has 0 aromatic heterocycles. The molecule has 2 aliphatic heterocycles. The molecule has 9 heteroatoms. The second-order valence-electron chi connectivity index (χ2n) is 8.22. The minimum atomic E-state index is -0.409. The highest BCUT2D eigenvalue weighted by molar-refractivity contribution is 6.40. The lowest BCUT2D eigenvalue weighted by atomic mass is 10.1. The largest absolute Gasteiger partial charge is 0.335 e. The maximum absolute atomic E-state index is 13.3. The summed E-state index contributed by atoms with van der Waals surface area (Å²) in [6.45, 7) is 4.10. The predicted molar refractivity (Wildman–Crippen MR) is 123 cm³/mol. The van der Waals surface area contributed by atoms with E-state index in [0.29, 0.717) is 49.7 Å². The normalized spacial score (nSPS) is 17.0. The Morgan fingerprint density at radius 1 is 1.03 bits per heavy atom. The Morgan fingerprint density at radius 3 is 2.52 bits per heavy atom. The highest BCUT2D eigenvalue weighted by atomic mass is 19.1. The van der Waals surface area contributed by atoms with Crippen molar-refractivity contribution in [2.45, 2.75) is 19.8 Å². The number of aryl methyl sites for hydroxylation is 1. The van der Waals surface area contributed by atoms with Crippen LogP contribution in [-0.4, -0.2) is 66.0 Å². The third-order valence-corrected chi connectivity index (χ3v) is 5.66. The fourth-order valence-corrected chi connectivity index (χ4v) is 3.93. The van der Waals surface area contributed by atoms with Gasteiger partial charge in [0.25, 0.3) is 5.91 Å². The quantitative estimate of drug-likeness (QED) is 0.757. The van der Waals surface area contributed by atoms with Gasteiger partial charge in [-0.2, -0.15) is 5.10 Å². The van der Waals surface area contributed by atoms with E-state index < -0.39 is 5.82 Å². The van der Waals surface area contributed by atoms with Crippen LogP contribution in [0.3, 0.4) is 0 Å². The molecule has 0 bridgehead atoms. The minimum Gasteiger partial charge on any atom is -0.335 e. The van der Waals surface area contributed by atoms with Gasteiger partial charge in [-0.1, -0.05) is 18.2 Å². The van der Waals surface area contributed by atoms with E-state index in [1.807, 2.05) is 30.0 Å². The number of rotatable bonds is 5. The maximum atomic E-state index is 13.3. The van der Waals surface area contributed by atoms with E-state index in [9.17, 15) is 18.8 Å². The number of carbonyl (C=O) groups is 3. The SMILES string of the molecule is Cc1cccc(N2N=C(C(=O)N3CCN(CC(=O)Nc4cccc(F)c4)CC3)CCC2=O)c1. The molecule has 3 amide bonds. The molecule has 172 valence electrons. The van der Waals surface area contributed by atoms with Gasteiger partial charge in [-0.3, -0.25) is 19.3 Å². The van der Waals surface area contributed by atoms with Crippen molar-refractivity contribution in [2.24, 2.45) is 5.10 Å². The van der Waals surface area contributed by atoms with Crippen LogP contribution < -0.4 is 10.3 Å². The first-order valence-electron chi connectivity index (χ1n) is 10.9. The van der Waals surface area contributed by atoms with Crippen molar-refractivity contribution in [3.05, 3.63) is 59.9 Å². The van der Waals surface area contributed by atoms with Crippen LogP contribution in [-0.2, 0) is 14.4 Å². The molecule has 0 aliphatic carbocycles. The molecule has 8 nitrogen and oxygen atoms in total. The van der Waals surface area contributed by atoms with Crippen molar-refractivity contribution in [2.75, 3.05) is 43.0 Å². The number of piperazine rings is 1. The molecule has 0 radical (unpaired) electrons. The Morgan fingerprint density at radius 2 is 1.79 bits per heavy atom. The summed E-state index contributed by atoms with van der Waals surface area (Å²) < 4.78 is 13.3. The van der Waals surface area contributed by atoms with Gasteiger partial charge in [0.15, 0.2) is 0 Å². The van der Waals surface area contributed by atoms with Crippen molar-refractivity contribution in [1.29, 1.82) is 0 Å². The summed E-state index contributed by atoms with van der Waals surface area (Å²) in [4.78, 5) is 41.3. The number of carbonyl (C=O) groups excluding carboxylic acids is 3. The molecule has 2 aliphatic rings. The Balaban J connectivity index is 1.32. The summed E-state index contributed by atoms with van der Waals surface area (Å²) in [7, 11) is 0. The van der Waals surface area contributed by atoms with E-state index in [1.54, 1.807) is 17.0 Å². The van der Waals surface area contributed by atoms with Gasteiger partial charge < -0.3 is 10.2 Å². The molecule has 2 heterocycles. The van der Waals surface area contributed by atoms with Crippen molar-refractivity contribution >= 4 is 34.8 Å². The number of halogens is 1. The summed E-state index contributed by atoms with van der Waals surface area (Å²) in [5.41, 5.74) is 2.44. The van der Waals surface area contributed by atoms with Crippen LogP contribution in [0.4, 0.5) is 15.8 Å². The highest BCUT2D eigenvalue weighted by Crippen LogP contribution is 2.22. The molecular weight excluding hydrogens is 425 g/mol. The second kappa shape index (κ2) is 9.91. The fraction of sp³-hybridized carbons (Fsp3) is 0.333. The van der Waals surface area contributed by atoms with Gasteiger partial charge in [0.05, 0.1) is 12.2 Å². The molecular formula is C24H26FN5O3. The first-order chi connectivity index (χ1) is 15.9. The summed E-state index contributed by atoms with van der Waals surface area (Å²) >= 11 is 0. The van der Waals surface area contributed by atoms with Gasteiger partial charge in [0, 0.05) is 44.7 Å². The van der Waals surface area contributed by atoms with E-state index >= 15 is 0 Å². The van der Waals surface area contributed by atoms with Gasteiger partial charge >= 0.3 is 0 Å². The van der Waals surface area contributed by atoms with Gasteiger partial charge in [-0.25, -0.2) is 9.40 Å². The standard InChI is InChI=1S/C24H26FN5O3/c1-17-4-2-7-20(14-17)30-23(32)9-8-21(27-30)24(33)29-12-10-28(11-13-29)16-22(31)26-19-6-3-5-18(25)15-19/h2-7,14-15H,8-13,16H2,1H3,(H,26,31). The Labute approximate surface area is 191 Å². The number of nitrogens with one attached hydrogen (secondary N) is 1. The van der Waals surface area contributed by atoms with Crippen molar-refractivity contribution in [3.8, 4) is 0 Å². The smallest absolute Gasteiger partial charge is 0.270 e. The lowest BCUT2D eigenvalue weighted by Gasteiger charge is -2.35. The Hall–Kier alpha value is -3.59. The zero-order valence-corrected chi connectivity index (χ0v) is 18.5. The monoisotopic (exact) mass is 451 g/mol. The van der Waals surface area contributed by atoms with Crippen LogP contribution in [0, 0.1) is 12.7 Å². The summed E-state index contributed by atoms with van der Waals surface area (Å²) in [6, 6.07) is 13.2. The van der Waals surface area contributed by atoms with Gasteiger partial charge in [-0.15, -0.1) is 0 Å². The van der Waals surface area contributed by atoms with E-state index in [2.05, 4.69) is 10.4 Å². The number of hydrazone groups is 1. The van der Waals surface area contributed by atoms with Crippen molar-refractivity contribution < 1.29 is 18.8 Å². The molecule has 0 spiro atoms. The highest BCUT2D eigenvalue weighted by Gasteiger charge is 2.30. The molecule has 0 unspecified atom stereocenters. The fourth-order valence-electron chi connectivity index (χ4n) is 3.93. The molecule has 2 aromatic rings. The molecule has 1 saturated heterocycles. The average molecular weight is 452 g/mol. The number of benzene rings is 2.